The van der Waals surface area contributed by atoms with Crippen LogP contribution in [0.1, 0.15) is 43.6 Å². The van der Waals surface area contributed by atoms with Gasteiger partial charge in [0.1, 0.15) is 5.75 Å². The molecule has 2 aromatic rings. The van der Waals surface area contributed by atoms with Gasteiger partial charge in [0.15, 0.2) is 6.10 Å². The summed E-state index contributed by atoms with van der Waals surface area (Å²) in [4.78, 5) is 11.9. The molecule has 0 aliphatic rings. The van der Waals surface area contributed by atoms with Gasteiger partial charge in [0, 0.05) is 5.56 Å². The van der Waals surface area contributed by atoms with E-state index in [0.29, 0.717) is 11.1 Å². The number of carbonyl (C=O) groups is 1. The van der Waals surface area contributed by atoms with Crippen LogP contribution in [-0.4, -0.2) is 22.3 Å². The second-order valence-corrected chi connectivity index (χ2v) is 6.57. The van der Waals surface area contributed by atoms with Gasteiger partial charge in [-0.05, 0) is 28.7 Å². The Morgan fingerprint density at radius 2 is 1.83 bits per heavy atom. The number of amides is 1. The number of benzene rings is 2. The SMILES string of the molecule is CC(C)(C)c1ccc(O)c(C=NNC(=O)C(O)c2ccccc2)c1. The predicted molar refractivity (Wildman–Crippen MR) is 93.9 cm³/mol. The van der Waals surface area contributed by atoms with E-state index in [4.69, 9.17) is 0 Å². The maximum atomic E-state index is 11.9. The molecule has 0 fully saturated rings. The molecule has 0 saturated heterocycles. The molecule has 0 aliphatic heterocycles. The summed E-state index contributed by atoms with van der Waals surface area (Å²) in [6.07, 6.45) is 0.0676. The first-order valence-corrected chi connectivity index (χ1v) is 7.68. The van der Waals surface area contributed by atoms with Crippen LogP contribution in [0.4, 0.5) is 0 Å². The van der Waals surface area contributed by atoms with Crippen molar-refractivity contribution < 1.29 is 15.0 Å². The fraction of sp³-hybridized carbons (Fsp3) is 0.263. The lowest BCUT2D eigenvalue weighted by molar-refractivity contribution is -0.129. The minimum absolute atomic E-state index is 0.0664. The van der Waals surface area contributed by atoms with Gasteiger partial charge in [0.05, 0.1) is 6.21 Å². The molecule has 3 N–H and O–H groups in total. The first kappa shape index (κ1) is 17.7. The van der Waals surface area contributed by atoms with Crippen LogP contribution in [0.3, 0.4) is 0 Å². The standard InChI is InChI=1S/C19H22N2O3/c1-19(2,3)15-9-10-16(22)14(11-15)12-20-21-18(24)17(23)13-7-5-4-6-8-13/h4-12,17,22-23H,1-3H3,(H,21,24). The number of phenols is 1. The van der Waals surface area contributed by atoms with E-state index < -0.39 is 12.0 Å². The van der Waals surface area contributed by atoms with E-state index in [1.54, 1.807) is 36.4 Å². The highest BCUT2D eigenvalue weighted by atomic mass is 16.3. The molecule has 2 rings (SSSR count). The Kier molecular flexibility index (Phi) is 5.36. The van der Waals surface area contributed by atoms with Crippen molar-refractivity contribution in [1.29, 1.82) is 0 Å². The van der Waals surface area contributed by atoms with Crippen molar-refractivity contribution in [2.75, 3.05) is 0 Å². The number of carbonyl (C=O) groups excluding carboxylic acids is 1. The van der Waals surface area contributed by atoms with Crippen LogP contribution in [0.5, 0.6) is 5.75 Å². The van der Waals surface area contributed by atoms with Gasteiger partial charge < -0.3 is 10.2 Å². The summed E-state index contributed by atoms with van der Waals surface area (Å²) in [6.45, 7) is 6.20. The molecule has 126 valence electrons. The summed E-state index contributed by atoms with van der Waals surface area (Å²) >= 11 is 0. The van der Waals surface area contributed by atoms with Crippen LogP contribution in [0.2, 0.25) is 0 Å². The van der Waals surface area contributed by atoms with Crippen molar-refractivity contribution >= 4 is 12.1 Å². The zero-order valence-corrected chi connectivity index (χ0v) is 14.0. The third-order valence-electron chi connectivity index (χ3n) is 3.64. The number of nitrogens with one attached hydrogen (secondary N) is 1. The monoisotopic (exact) mass is 326 g/mol. The summed E-state index contributed by atoms with van der Waals surface area (Å²) in [6, 6.07) is 13.9. The number of aliphatic hydroxyl groups is 1. The van der Waals surface area contributed by atoms with Crippen molar-refractivity contribution in [2.24, 2.45) is 5.10 Å². The summed E-state index contributed by atoms with van der Waals surface area (Å²) < 4.78 is 0. The number of hydrogen-bond donors (Lipinski definition) is 3. The summed E-state index contributed by atoms with van der Waals surface area (Å²) in [5.74, 6) is -0.562. The topological polar surface area (TPSA) is 81.9 Å². The van der Waals surface area contributed by atoms with E-state index in [2.05, 4.69) is 31.3 Å². The average molecular weight is 326 g/mol. The van der Waals surface area contributed by atoms with Crippen LogP contribution in [-0.2, 0) is 10.2 Å². The fourth-order valence-electron chi connectivity index (χ4n) is 2.14. The number of aromatic hydroxyl groups is 1. The summed E-state index contributed by atoms with van der Waals surface area (Å²) in [5, 5.41) is 23.7. The lowest BCUT2D eigenvalue weighted by Crippen LogP contribution is -2.25. The third kappa shape index (κ3) is 4.43. The van der Waals surface area contributed by atoms with Crippen LogP contribution < -0.4 is 5.43 Å². The number of nitrogens with zero attached hydrogens (tertiary/aromatic N) is 1. The van der Waals surface area contributed by atoms with Crippen molar-refractivity contribution in [3.8, 4) is 5.75 Å². The highest BCUT2D eigenvalue weighted by Crippen LogP contribution is 2.26. The molecular formula is C19H22N2O3. The minimum atomic E-state index is -1.29. The highest BCUT2D eigenvalue weighted by Gasteiger charge is 2.17. The smallest absolute Gasteiger partial charge is 0.273 e. The Balaban J connectivity index is 2.08. The molecule has 0 radical (unpaired) electrons. The molecule has 1 amide bonds. The van der Waals surface area contributed by atoms with Gasteiger partial charge in [0.2, 0.25) is 0 Å². The van der Waals surface area contributed by atoms with Gasteiger partial charge in [-0.2, -0.15) is 5.10 Å². The molecule has 0 aliphatic carbocycles. The molecule has 0 saturated carbocycles. The molecule has 1 unspecified atom stereocenters. The maximum Gasteiger partial charge on any atom is 0.273 e. The lowest BCUT2D eigenvalue weighted by Gasteiger charge is -2.19. The normalized spacial score (nSPS) is 13.0. The first-order chi connectivity index (χ1) is 11.3. The molecular weight excluding hydrogens is 304 g/mol. The molecule has 0 spiro atoms. The number of hydrogen-bond acceptors (Lipinski definition) is 4. The van der Waals surface area contributed by atoms with Gasteiger partial charge in [-0.25, -0.2) is 5.43 Å². The Bertz CT molecular complexity index is 734. The van der Waals surface area contributed by atoms with Gasteiger partial charge in [0.25, 0.3) is 5.91 Å². The van der Waals surface area contributed by atoms with Crippen LogP contribution >= 0.6 is 0 Å². The van der Waals surface area contributed by atoms with E-state index >= 15 is 0 Å². The Morgan fingerprint density at radius 1 is 1.17 bits per heavy atom. The molecule has 24 heavy (non-hydrogen) atoms. The minimum Gasteiger partial charge on any atom is -0.507 e. The van der Waals surface area contributed by atoms with E-state index in [1.807, 2.05) is 12.1 Å². The molecule has 5 heteroatoms. The number of aliphatic hydroxyl groups excluding tert-OH is 1. The molecule has 0 bridgehead atoms. The van der Waals surface area contributed by atoms with Gasteiger partial charge in [-0.3, -0.25) is 4.79 Å². The second kappa shape index (κ2) is 7.27. The molecule has 5 nitrogen and oxygen atoms in total. The second-order valence-electron chi connectivity index (χ2n) is 6.57. The quantitative estimate of drug-likeness (QED) is 0.597. The summed E-state index contributed by atoms with van der Waals surface area (Å²) in [5.41, 5.74) is 4.24. The number of rotatable bonds is 4. The van der Waals surface area contributed by atoms with Crippen molar-refractivity contribution in [1.82, 2.24) is 5.43 Å². The van der Waals surface area contributed by atoms with E-state index in [9.17, 15) is 15.0 Å². The average Bonchev–Trinajstić information content (AvgIpc) is 2.55. The zero-order chi connectivity index (χ0) is 17.7. The Morgan fingerprint density at radius 3 is 2.46 bits per heavy atom. The van der Waals surface area contributed by atoms with Gasteiger partial charge >= 0.3 is 0 Å². The van der Waals surface area contributed by atoms with Crippen molar-refractivity contribution in [2.45, 2.75) is 32.3 Å². The van der Waals surface area contributed by atoms with E-state index in [0.717, 1.165) is 5.56 Å². The van der Waals surface area contributed by atoms with E-state index in [-0.39, 0.29) is 11.2 Å². The molecule has 0 heterocycles. The fourth-order valence-corrected chi connectivity index (χ4v) is 2.14. The highest BCUT2D eigenvalue weighted by molar-refractivity contribution is 5.86. The van der Waals surface area contributed by atoms with Gasteiger partial charge in [-0.1, -0.05) is 57.2 Å². The van der Waals surface area contributed by atoms with Gasteiger partial charge in [-0.15, -0.1) is 0 Å². The van der Waals surface area contributed by atoms with Crippen LogP contribution in [0.15, 0.2) is 53.6 Å². The number of hydrazone groups is 1. The van der Waals surface area contributed by atoms with Crippen LogP contribution in [0, 0.1) is 0 Å². The first-order valence-electron chi connectivity index (χ1n) is 7.68. The largest absolute Gasteiger partial charge is 0.507 e. The lowest BCUT2D eigenvalue weighted by atomic mass is 9.86. The van der Waals surface area contributed by atoms with Crippen molar-refractivity contribution in [3.05, 3.63) is 65.2 Å². The Hall–Kier alpha value is -2.66. The van der Waals surface area contributed by atoms with Crippen LogP contribution in [0.25, 0.3) is 0 Å². The molecule has 2 aromatic carbocycles. The third-order valence-corrected chi connectivity index (χ3v) is 3.64. The molecule has 0 aromatic heterocycles. The van der Waals surface area contributed by atoms with Crippen molar-refractivity contribution in [3.63, 3.8) is 0 Å². The predicted octanol–water partition coefficient (Wildman–Crippen LogP) is 2.87. The zero-order valence-electron chi connectivity index (χ0n) is 14.0. The maximum absolute atomic E-state index is 11.9. The summed E-state index contributed by atoms with van der Waals surface area (Å²) in [7, 11) is 0. The molecule has 1 atom stereocenters. The Labute approximate surface area is 141 Å². The number of phenolic OH excluding ortho intramolecular Hbond substituents is 1. The van der Waals surface area contributed by atoms with E-state index in [1.165, 1.54) is 6.21 Å².